The lowest BCUT2D eigenvalue weighted by Crippen LogP contribution is -2.27. The SMILES string of the molecule is C=C(C)Cn1c(CCNC(=O)c2ccccn2)nc2ccccc21. The van der Waals surface area contributed by atoms with E-state index in [1.807, 2.05) is 25.1 Å². The number of pyridine rings is 1. The van der Waals surface area contributed by atoms with E-state index in [9.17, 15) is 4.79 Å². The maximum absolute atomic E-state index is 12.1. The predicted molar refractivity (Wildman–Crippen MR) is 94.8 cm³/mol. The second kappa shape index (κ2) is 7.08. The molecule has 0 atom stereocenters. The van der Waals surface area contributed by atoms with Crippen molar-refractivity contribution in [2.75, 3.05) is 6.54 Å². The standard InChI is InChI=1S/C19H20N4O/c1-14(2)13-23-17-9-4-3-7-15(17)22-18(23)10-12-21-19(24)16-8-5-6-11-20-16/h3-9,11H,1,10,12-13H2,2H3,(H,21,24). The molecule has 0 saturated heterocycles. The molecule has 0 saturated carbocycles. The van der Waals surface area contributed by atoms with E-state index in [4.69, 9.17) is 4.98 Å². The number of amides is 1. The molecule has 5 nitrogen and oxygen atoms in total. The third-order valence-corrected chi connectivity index (χ3v) is 3.69. The molecular weight excluding hydrogens is 300 g/mol. The fraction of sp³-hybridized carbons (Fsp3) is 0.211. The van der Waals surface area contributed by atoms with Gasteiger partial charge >= 0.3 is 0 Å². The summed E-state index contributed by atoms with van der Waals surface area (Å²) < 4.78 is 2.16. The summed E-state index contributed by atoms with van der Waals surface area (Å²) in [6.45, 7) is 7.24. The van der Waals surface area contributed by atoms with E-state index in [-0.39, 0.29) is 5.91 Å². The molecule has 2 aromatic heterocycles. The van der Waals surface area contributed by atoms with E-state index in [1.54, 1.807) is 24.4 Å². The summed E-state index contributed by atoms with van der Waals surface area (Å²) in [5.74, 6) is 0.777. The Bertz CT molecular complexity index is 867. The van der Waals surface area contributed by atoms with E-state index >= 15 is 0 Å². The summed E-state index contributed by atoms with van der Waals surface area (Å²) in [5.41, 5.74) is 3.54. The Morgan fingerprint density at radius 3 is 2.75 bits per heavy atom. The molecule has 1 amide bonds. The zero-order valence-electron chi connectivity index (χ0n) is 13.7. The minimum Gasteiger partial charge on any atom is -0.350 e. The maximum atomic E-state index is 12.1. The van der Waals surface area contributed by atoms with Crippen LogP contribution in [-0.2, 0) is 13.0 Å². The lowest BCUT2D eigenvalue weighted by molar-refractivity contribution is 0.0949. The number of rotatable bonds is 6. The van der Waals surface area contributed by atoms with Gasteiger partial charge in [-0.25, -0.2) is 4.98 Å². The summed E-state index contributed by atoms with van der Waals surface area (Å²) in [4.78, 5) is 20.8. The van der Waals surface area contributed by atoms with Crippen LogP contribution in [0.3, 0.4) is 0 Å². The summed E-state index contributed by atoms with van der Waals surface area (Å²) in [7, 11) is 0. The van der Waals surface area contributed by atoms with Gasteiger partial charge in [0.05, 0.1) is 11.0 Å². The van der Waals surface area contributed by atoms with Gasteiger partial charge in [-0.2, -0.15) is 0 Å². The van der Waals surface area contributed by atoms with Gasteiger partial charge in [-0.05, 0) is 31.2 Å². The minimum absolute atomic E-state index is 0.168. The number of aromatic nitrogens is 3. The first-order valence-electron chi connectivity index (χ1n) is 7.93. The van der Waals surface area contributed by atoms with Gasteiger partial charge in [-0.1, -0.05) is 30.4 Å². The Hall–Kier alpha value is -2.95. The number of imidazole rings is 1. The molecule has 0 spiro atoms. The molecule has 0 aliphatic carbocycles. The molecule has 0 bridgehead atoms. The van der Waals surface area contributed by atoms with E-state index < -0.39 is 0 Å². The van der Waals surface area contributed by atoms with Crippen LogP contribution in [0.2, 0.25) is 0 Å². The average molecular weight is 320 g/mol. The lowest BCUT2D eigenvalue weighted by atomic mass is 10.3. The smallest absolute Gasteiger partial charge is 0.269 e. The first kappa shape index (κ1) is 15.9. The average Bonchev–Trinajstić information content (AvgIpc) is 2.93. The van der Waals surface area contributed by atoms with Crippen molar-refractivity contribution in [3.05, 3.63) is 72.3 Å². The van der Waals surface area contributed by atoms with Crippen LogP contribution in [0.4, 0.5) is 0 Å². The number of carbonyl (C=O) groups is 1. The van der Waals surface area contributed by atoms with Gasteiger partial charge in [-0.3, -0.25) is 9.78 Å². The normalized spacial score (nSPS) is 10.7. The van der Waals surface area contributed by atoms with Crippen LogP contribution in [0.1, 0.15) is 23.2 Å². The molecule has 5 heteroatoms. The van der Waals surface area contributed by atoms with Gasteiger partial charge in [0.15, 0.2) is 0 Å². The van der Waals surface area contributed by atoms with E-state index in [1.165, 1.54) is 0 Å². The quantitative estimate of drug-likeness (QED) is 0.710. The van der Waals surface area contributed by atoms with Crippen molar-refractivity contribution in [2.24, 2.45) is 0 Å². The van der Waals surface area contributed by atoms with Crippen molar-refractivity contribution in [1.29, 1.82) is 0 Å². The molecule has 0 aliphatic heterocycles. The Morgan fingerprint density at radius 2 is 2.00 bits per heavy atom. The lowest BCUT2D eigenvalue weighted by Gasteiger charge is -2.09. The molecule has 0 unspecified atom stereocenters. The van der Waals surface area contributed by atoms with Crippen LogP contribution in [0, 0.1) is 0 Å². The van der Waals surface area contributed by atoms with Gasteiger partial charge in [0.2, 0.25) is 0 Å². The van der Waals surface area contributed by atoms with Crippen molar-refractivity contribution < 1.29 is 4.79 Å². The van der Waals surface area contributed by atoms with Crippen molar-refractivity contribution in [2.45, 2.75) is 19.9 Å². The van der Waals surface area contributed by atoms with Gasteiger partial charge in [0, 0.05) is 25.7 Å². The predicted octanol–water partition coefficient (Wildman–Crippen LogP) is 2.98. The topological polar surface area (TPSA) is 59.8 Å². The molecule has 24 heavy (non-hydrogen) atoms. The van der Waals surface area contributed by atoms with Crippen LogP contribution in [0.25, 0.3) is 11.0 Å². The highest BCUT2D eigenvalue weighted by atomic mass is 16.1. The number of nitrogens with one attached hydrogen (secondary N) is 1. The Labute approximate surface area is 141 Å². The number of allylic oxidation sites excluding steroid dienone is 1. The minimum atomic E-state index is -0.168. The molecule has 3 rings (SSSR count). The second-order valence-corrected chi connectivity index (χ2v) is 5.78. The van der Waals surface area contributed by atoms with E-state index in [0.717, 1.165) is 29.0 Å². The molecule has 122 valence electrons. The largest absolute Gasteiger partial charge is 0.350 e. The molecule has 1 N–H and O–H groups in total. The number of benzene rings is 1. The van der Waals surface area contributed by atoms with Crippen molar-refractivity contribution in [1.82, 2.24) is 19.9 Å². The highest BCUT2D eigenvalue weighted by Crippen LogP contribution is 2.17. The van der Waals surface area contributed by atoms with Gasteiger partial charge in [0.1, 0.15) is 11.5 Å². The molecular formula is C19H20N4O. The summed E-state index contributed by atoms with van der Waals surface area (Å²) in [6.07, 6.45) is 2.27. The van der Waals surface area contributed by atoms with Crippen LogP contribution in [0.15, 0.2) is 60.8 Å². The third kappa shape index (κ3) is 3.51. The van der Waals surface area contributed by atoms with Gasteiger partial charge in [0.25, 0.3) is 5.91 Å². The number of fused-ring (bicyclic) bond motifs is 1. The Balaban J connectivity index is 1.73. The summed E-state index contributed by atoms with van der Waals surface area (Å²) >= 11 is 0. The molecule has 3 aromatic rings. The number of hydrogen-bond donors (Lipinski definition) is 1. The molecule has 1 aromatic carbocycles. The summed E-state index contributed by atoms with van der Waals surface area (Å²) in [6, 6.07) is 13.3. The van der Waals surface area contributed by atoms with Gasteiger partial charge < -0.3 is 9.88 Å². The first-order chi connectivity index (χ1) is 11.6. The van der Waals surface area contributed by atoms with E-state index in [2.05, 4.69) is 27.5 Å². The molecule has 0 aliphatic rings. The first-order valence-corrected chi connectivity index (χ1v) is 7.93. The Morgan fingerprint density at radius 1 is 1.21 bits per heavy atom. The van der Waals surface area contributed by atoms with Crippen molar-refractivity contribution in [3.63, 3.8) is 0 Å². The van der Waals surface area contributed by atoms with Crippen LogP contribution in [0.5, 0.6) is 0 Å². The zero-order valence-corrected chi connectivity index (χ0v) is 13.7. The highest BCUT2D eigenvalue weighted by molar-refractivity contribution is 5.92. The third-order valence-electron chi connectivity index (χ3n) is 3.69. The number of nitrogens with zero attached hydrogens (tertiary/aromatic N) is 3. The van der Waals surface area contributed by atoms with Crippen molar-refractivity contribution in [3.8, 4) is 0 Å². The van der Waals surface area contributed by atoms with Crippen molar-refractivity contribution >= 4 is 16.9 Å². The molecule has 2 heterocycles. The molecule has 0 fully saturated rings. The van der Waals surface area contributed by atoms with Crippen LogP contribution >= 0.6 is 0 Å². The number of hydrogen-bond acceptors (Lipinski definition) is 3. The fourth-order valence-corrected chi connectivity index (χ4v) is 2.64. The van der Waals surface area contributed by atoms with Crippen LogP contribution in [-0.4, -0.2) is 27.0 Å². The van der Waals surface area contributed by atoms with Gasteiger partial charge in [-0.15, -0.1) is 0 Å². The second-order valence-electron chi connectivity index (χ2n) is 5.78. The highest BCUT2D eigenvalue weighted by Gasteiger charge is 2.11. The fourth-order valence-electron chi connectivity index (χ4n) is 2.64. The number of carbonyl (C=O) groups excluding carboxylic acids is 1. The zero-order chi connectivity index (χ0) is 16.9. The number of para-hydroxylation sites is 2. The monoisotopic (exact) mass is 320 g/mol. The Kier molecular flexibility index (Phi) is 4.70. The molecule has 0 radical (unpaired) electrons. The van der Waals surface area contributed by atoms with E-state index in [0.29, 0.717) is 18.7 Å². The summed E-state index contributed by atoms with van der Waals surface area (Å²) in [5, 5.41) is 2.90. The van der Waals surface area contributed by atoms with Crippen LogP contribution < -0.4 is 5.32 Å². The maximum Gasteiger partial charge on any atom is 0.269 e.